The van der Waals surface area contributed by atoms with Crippen LogP contribution in [0.25, 0.3) is 0 Å². The summed E-state index contributed by atoms with van der Waals surface area (Å²) in [6.45, 7) is 0. The van der Waals surface area contributed by atoms with E-state index in [1.54, 1.807) is 11.6 Å². The van der Waals surface area contributed by atoms with Crippen LogP contribution < -0.4 is 5.32 Å². The SMILES string of the molecule is CNC(=O)C(O)c1nccs1. The summed E-state index contributed by atoms with van der Waals surface area (Å²) < 4.78 is 0. The Hall–Kier alpha value is -0.940. The minimum absolute atomic E-state index is 0.421. The standard InChI is InChI=1S/C6H8N2O2S/c1-7-5(10)4(9)6-8-2-3-11-6/h2-4,9H,1H3,(H,7,10). The largest absolute Gasteiger partial charge is 0.376 e. The van der Waals surface area contributed by atoms with Crippen LogP contribution in [0.3, 0.4) is 0 Å². The Bertz CT molecular complexity index is 235. The lowest BCUT2D eigenvalue weighted by atomic mass is 10.3. The number of aromatic nitrogens is 1. The lowest BCUT2D eigenvalue weighted by Gasteiger charge is -2.03. The third-order valence-electron chi connectivity index (χ3n) is 1.18. The van der Waals surface area contributed by atoms with Crippen molar-refractivity contribution in [2.24, 2.45) is 0 Å². The van der Waals surface area contributed by atoms with Crippen LogP contribution in [-0.4, -0.2) is 23.0 Å². The lowest BCUT2D eigenvalue weighted by molar-refractivity contribution is -0.129. The van der Waals surface area contributed by atoms with Gasteiger partial charge in [-0.05, 0) is 0 Å². The molecule has 1 atom stereocenters. The smallest absolute Gasteiger partial charge is 0.255 e. The van der Waals surface area contributed by atoms with Crippen molar-refractivity contribution in [1.29, 1.82) is 0 Å². The van der Waals surface area contributed by atoms with E-state index in [-0.39, 0.29) is 0 Å². The number of nitrogens with zero attached hydrogens (tertiary/aromatic N) is 1. The van der Waals surface area contributed by atoms with Gasteiger partial charge in [0, 0.05) is 18.6 Å². The van der Waals surface area contributed by atoms with Crippen LogP contribution in [0, 0.1) is 0 Å². The molecule has 11 heavy (non-hydrogen) atoms. The van der Waals surface area contributed by atoms with E-state index in [2.05, 4.69) is 10.3 Å². The van der Waals surface area contributed by atoms with Crippen molar-refractivity contribution < 1.29 is 9.90 Å². The summed E-state index contributed by atoms with van der Waals surface area (Å²) in [5.41, 5.74) is 0. The number of likely N-dealkylation sites (N-methyl/N-ethyl adjacent to an activating group) is 1. The number of aliphatic hydroxyl groups excluding tert-OH is 1. The predicted molar refractivity (Wildman–Crippen MR) is 41.1 cm³/mol. The molecule has 2 N–H and O–H groups in total. The number of thiazole rings is 1. The molecule has 1 unspecified atom stereocenters. The van der Waals surface area contributed by atoms with Crippen molar-refractivity contribution >= 4 is 17.2 Å². The van der Waals surface area contributed by atoms with Gasteiger partial charge >= 0.3 is 0 Å². The van der Waals surface area contributed by atoms with Crippen molar-refractivity contribution in [1.82, 2.24) is 10.3 Å². The molecule has 0 saturated carbocycles. The van der Waals surface area contributed by atoms with E-state index in [1.807, 2.05) is 0 Å². The summed E-state index contributed by atoms with van der Waals surface area (Å²) in [6.07, 6.45) is 0.423. The Morgan fingerprint density at radius 2 is 2.64 bits per heavy atom. The minimum Gasteiger partial charge on any atom is -0.376 e. The number of carbonyl (C=O) groups is 1. The van der Waals surface area contributed by atoms with Gasteiger partial charge in [0.2, 0.25) is 0 Å². The van der Waals surface area contributed by atoms with Crippen LogP contribution in [0.1, 0.15) is 11.1 Å². The van der Waals surface area contributed by atoms with Gasteiger partial charge in [0.15, 0.2) is 6.10 Å². The number of rotatable bonds is 2. The molecule has 0 aliphatic carbocycles. The summed E-state index contributed by atoms with van der Waals surface area (Å²) in [5, 5.41) is 13.7. The number of aliphatic hydroxyl groups is 1. The molecular weight excluding hydrogens is 164 g/mol. The molecule has 0 fully saturated rings. The van der Waals surface area contributed by atoms with Crippen molar-refractivity contribution in [2.75, 3.05) is 7.05 Å². The molecule has 4 nitrogen and oxygen atoms in total. The number of carbonyl (C=O) groups excluding carboxylic acids is 1. The zero-order chi connectivity index (χ0) is 8.27. The van der Waals surface area contributed by atoms with E-state index in [0.717, 1.165) is 0 Å². The van der Waals surface area contributed by atoms with Crippen LogP contribution in [0.15, 0.2) is 11.6 Å². The van der Waals surface area contributed by atoms with Crippen molar-refractivity contribution in [3.05, 3.63) is 16.6 Å². The normalized spacial score (nSPS) is 12.5. The fourth-order valence-electron chi connectivity index (χ4n) is 0.618. The molecule has 5 heteroatoms. The second kappa shape index (κ2) is 3.45. The van der Waals surface area contributed by atoms with Crippen LogP contribution in [-0.2, 0) is 4.79 Å². The monoisotopic (exact) mass is 172 g/mol. The van der Waals surface area contributed by atoms with Gasteiger partial charge in [-0.1, -0.05) is 0 Å². The Labute approximate surface area is 67.9 Å². The van der Waals surface area contributed by atoms with Gasteiger partial charge < -0.3 is 10.4 Å². The first-order chi connectivity index (χ1) is 5.25. The van der Waals surface area contributed by atoms with Gasteiger partial charge in [0.1, 0.15) is 5.01 Å². The zero-order valence-electron chi connectivity index (χ0n) is 5.94. The van der Waals surface area contributed by atoms with Crippen molar-refractivity contribution in [3.8, 4) is 0 Å². The Balaban J connectivity index is 2.70. The van der Waals surface area contributed by atoms with Gasteiger partial charge in [0.25, 0.3) is 5.91 Å². The molecule has 1 amide bonds. The molecule has 0 spiro atoms. The first-order valence-corrected chi connectivity index (χ1v) is 3.92. The predicted octanol–water partition coefficient (Wildman–Crippen LogP) is -0.0775. The molecule has 0 aliphatic rings. The second-order valence-electron chi connectivity index (χ2n) is 1.89. The van der Waals surface area contributed by atoms with Gasteiger partial charge in [-0.3, -0.25) is 4.79 Å². The van der Waals surface area contributed by atoms with Gasteiger partial charge in [-0.15, -0.1) is 11.3 Å². The first-order valence-electron chi connectivity index (χ1n) is 3.04. The van der Waals surface area contributed by atoms with Gasteiger partial charge in [0.05, 0.1) is 0 Å². The van der Waals surface area contributed by atoms with Gasteiger partial charge in [-0.25, -0.2) is 4.98 Å². The number of hydrogen-bond donors (Lipinski definition) is 2. The van der Waals surface area contributed by atoms with E-state index >= 15 is 0 Å². The van der Waals surface area contributed by atoms with E-state index in [4.69, 9.17) is 0 Å². The van der Waals surface area contributed by atoms with Crippen molar-refractivity contribution in [2.45, 2.75) is 6.10 Å². The molecule has 0 aromatic carbocycles. The third-order valence-corrected chi connectivity index (χ3v) is 2.01. The minimum atomic E-state index is -1.12. The molecule has 0 bridgehead atoms. The maximum atomic E-state index is 10.8. The average Bonchev–Trinajstić information content (AvgIpc) is 2.53. The fraction of sp³-hybridized carbons (Fsp3) is 0.333. The van der Waals surface area contributed by atoms with E-state index in [0.29, 0.717) is 5.01 Å². The summed E-state index contributed by atoms with van der Waals surface area (Å²) >= 11 is 1.25. The number of nitrogens with one attached hydrogen (secondary N) is 1. The first kappa shape index (κ1) is 8.16. The second-order valence-corrected chi connectivity index (χ2v) is 2.81. The summed E-state index contributed by atoms with van der Waals surface area (Å²) in [5.74, 6) is -0.431. The number of hydrogen-bond acceptors (Lipinski definition) is 4. The van der Waals surface area contributed by atoms with Crippen LogP contribution in [0.2, 0.25) is 0 Å². The van der Waals surface area contributed by atoms with E-state index < -0.39 is 12.0 Å². The molecule has 1 rings (SSSR count). The summed E-state index contributed by atoms with van der Waals surface area (Å²) in [7, 11) is 1.47. The highest BCUT2D eigenvalue weighted by atomic mass is 32.1. The molecular formula is C6H8N2O2S. The Morgan fingerprint density at radius 3 is 3.09 bits per heavy atom. The third kappa shape index (κ3) is 1.75. The van der Waals surface area contributed by atoms with Crippen molar-refractivity contribution in [3.63, 3.8) is 0 Å². The molecule has 0 aliphatic heterocycles. The molecule has 0 radical (unpaired) electrons. The maximum Gasteiger partial charge on any atom is 0.255 e. The van der Waals surface area contributed by atoms with Crippen LogP contribution in [0.5, 0.6) is 0 Å². The van der Waals surface area contributed by atoms with E-state index in [1.165, 1.54) is 18.4 Å². The number of amides is 1. The summed E-state index contributed by atoms with van der Waals surface area (Å²) in [4.78, 5) is 14.6. The highest BCUT2D eigenvalue weighted by Gasteiger charge is 2.17. The van der Waals surface area contributed by atoms with Gasteiger partial charge in [-0.2, -0.15) is 0 Å². The lowest BCUT2D eigenvalue weighted by Crippen LogP contribution is -2.25. The zero-order valence-corrected chi connectivity index (χ0v) is 6.76. The molecule has 1 aromatic rings. The average molecular weight is 172 g/mol. The quantitative estimate of drug-likeness (QED) is 0.656. The Morgan fingerprint density at radius 1 is 1.91 bits per heavy atom. The molecule has 1 heterocycles. The van der Waals surface area contributed by atoms with Crippen LogP contribution >= 0.6 is 11.3 Å². The Kier molecular flexibility index (Phi) is 2.56. The highest BCUT2D eigenvalue weighted by molar-refractivity contribution is 7.09. The van der Waals surface area contributed by atoms with E-state index in [9.17, 15) is 9.90 Å². The molecule has 1 aromatic heterocycles. The molecule has 60 valence electrons. The molecule has 0 saturated heterocycles. The highest BCUT2D eigenvalue weighted by Crippen LogP contribution is 2.14. The maximum absolute atomic E-state index is 10.8. The van der Waals surface area contributed by atoms with Crippen LogP contribution in [0.4, 0.5) is 0 Å². The summed E-state index contributed by atoms with van der Waals surface area (Å²) in [6, 6.07) is 0. The fourth-order valence-corrected chi connectivity index (χ4v) is 1.24. The topological polar surface area (TPSA) is 62.2 Å².